The van der Waals surface area contributed by atoms with Crippen LogP contribution in [-0.2, 0) is 10.0 Å². The van der Waals surface area contributed by atoms with Crippen molar-refractivity contribution in [3.63, 3.8) is 0 Å². The molecule has 0 unspecified atom stereocenters. The van der Waals surface area contributed by atoms with Crippen LogP contribution in [0.2, 0.25) is 0 Å². The highest BCUT2D eigenvalue weighted by Crippen LogP contribution is 2.33. The number of anilines is 1. The van der Waals surface area contributed by atoms with Crippen molar-refractivity contribution in [2.45, 2.75) is 30.6 Å². The van der Waals surface area contributed by atoms with E-state index in [4.69, 9.17) is 4.74 Å². The van der Waals surface area contributed by atoms with E-state index in [1.807, 2.05) is 19.0 Å². The third-order valence-electron chi connectivity index (χ3n) is 3.76. The minimum Gasteiger partial charge on any atom is -0.472 e. The molecule has 3 rings (SSSR count). The molecule has 8 heteroatoms. The van der Waals surface area contributed by atoms with Crippen LogP contribution in [0.1, 0.15) is 19.3 Å². The summed E-state index contributed by atoms with van der Waals surface area (Å²) in [6, 6.07) is 0. The topological polar surface area (TPSA) is 75.6 Å². The fraction of sp³-hybridized carbons (Fsp3) is 0.692. The summed E-state index contributed by atoms with van der Waals surface area (Å²) in [6.07, 6.45) is 5.35. The minimum atomic E-state index is -3.10. The Hall–Kier alpha value is -1.41. The predicted molar refractivity (Wildman–Crippen MR) is 78.9 cm³/mol. The summed E-state index contributed by atoms with van der Waals surface area (Å²) in [5, 5.41) is -0.159. The van der Waals surface area contributed by atoms with E-state index in [-0.39, 0.29) is 11.4 Å². The molecule has 21 heavy (non-hydrogen) atoms. The van der Waals surface area contributed by atoms with Gasteiger partial charge in [-0.2, -0.15) is 9.29 Å². The number of sulfonamides is 1. The molecule has 116 valence electrons. The molecule has 0 radical (unpaired) electrons. The molecule has 2 fully saturated rings. The van der Waals surface area contributed by atoms with E-state index in [0.29, 0.717) is 31.2 Å². The fourth-order valence-corrected chi connectivity index (χ4v) is 4.27. The van der Waals surface area contributed by atoms with Crippen molar-refractivity contribution in [1.29, 1.82) is 0 Å². The number of rotatable bonds is 5. The molecule has 0 aromatic carbocycles. The second-order valence-corrected chi connectivity index (χ2v) is 7.95. The van der Waals surface area contributed by atoms with Crippen molar-refractivity contribution in [2.24, 2.45) is 0 Å². The third kappa shape index (κ3) is 3.11. The van der Waals surface area contributed by atoms with Gasteiger partial charge in [-0.15, -0.1) is 0 Å². The standard InChI is InChI=1S/C13H20N4O3S/c1-16(2)12-7-14-8-13(15-12)20-10-5-6-17(9-10)21(18,19)11-3-4-11/h7-8,10-11H,3-6,9H2,1-2H3/t10-/m1/s1. The van der Waals surface area contributed by atoms with Gasteiger partial charge in [0.25, 0.3) is 0 Å². The molecule has 7 nitrogen and oxygen atoms in total. The first-order valence-corrected chi connectivity index (χ1v) is 8.62. The Bertz CT molecular complexity index is 616. The minimum absolute atomic E-state index is 0.148. The third-order valence-corrected chi connectivity index (χ3v) is 6.12. The molecular formula is C13H20N4O3S. The molecular weight excluding hydrogens is 292 g/mol. The first-order valence-electron chi connectivity index (χ1n) is 7.12. The van der Waals surface area contributed by atoms with Crippen molar-refractivity contribution in [2.75, 3.05) is 32.1 Å². The fourth-order valence-electron chi connectivity index (χ4n) is 2.38. The van der Waals surface area contributed by atoms with E-state index in [1.165, 1.54) is 0 Å². The molecule has 1 aliphatic carbocycles. The Labute approximate surface area is 125 Å². The Morgan fingerprint density at radius 2 is 2.05 bits per heavy atom. The van der Waals surface area contributed by atoms with Gasteiger partial charge >= 0.3 is 0 Å². The monoisotopic (exact) mass is 312 g/mol. The number of hydrogen-bond donors (Lipinski definition) is 0. The van der Waals surface area contributed by atoms with Gasteiger partial charge in [0.1, 0.15) is 6.10 Å². The largest absolute Gasteiger partial charge is 0.472 e. The molecule has 1 aliphatic heterocycles. The molecule has 0 bridgehead atoms. The molecule has 1 aromatic rings. The molecule has 2 aliphatic rings. The van der Waals surface area contributed by atoms with E-state index in [1.54, 1.807) is 16.7 Å². The van der Waals surface area contributed by atoms with Gasteiger partial charge in [-0.25, -0.2) is 8.42 Å². The lowest BCUT2D eigenvalue weighted by molar-refractivity contribution is 0.206. The van der Waals surface area contributed by atoms with Gasteiger partial charge in [0.2, 0.25) is 15.9 Å². The average molecular weight is 312 g/mol. The second-order valence-electron chi connectivity index (χ2n) is 5.74. The lowest BCUT2D eigenvalue weighted by Crippen LogP contribution is -2.33. The zero-order chi connectivity index (χ0) is 15.0. The van der Waals surface area contributed by atoms with Crippen LogP contribution in [0.3, 0.4) is 0 Å². The predicted octanol–water partition coefficient (Wildman–Crippen LogP) is 0.488. The molecule has 0 N–H and O–H groups in total. The van der Waals surface area contributed by atoms with Crippen LogP contribution in [0.5, 0.6) is 5.88 Å². The highest BCUT2D eigenvalue weighted by Gasteiger charge is 2.43. The number of nitrogens with zero attached hydrogens (tertiary/aromatic N) is 4. The zero-order valence-electron chi connectivity index (χ0n) is 12.3. The van der Waals surface area contributed by atoms with Gasteiger partial charge in [-0.05, 0) is 19.3 Å². The maximum Gasteiger partial charge on any atom is 0.234 e. The molecule has 0 spiro atoms. The van der Waals surface area contributed by atoms with Gasteiger partial charge in [0.15, 0.2) is 5.82 Å². The zero-order valence-corrected chi connectivity index (χ0v) is 13.1. The maximum absolute atomic E-state index is 12.2. The summed E-state index contributed by atoms with van der Waals surface area (Å²) in [5.74, 6) is 1.16. The van der Waals surface area contributed by atoms with Crippen LogP contribution in [0.15, 0.2) is 12.4 Å². The van der Waals surface area contributed by atoms with Crippen molar-refractivity contribution in [1.82, 2.24) is 14.3 Å². The van der Waals surface area contributed by atoms with Crippen LogP contribution in [0.4, 0.5) is 5.82 Å². The van der Waals surface area contributed by atoms with Crippen molar-refractivity contribution >= 4 is 15.8 Å². The summed E-state index contributed by atoms with van der Waals surface area (Å²) in [4.78, 5) is 10.3. The van der Waals surface area contributed by atoms with Crippen molar-refractivity contribution in [3.8, 4) is 5.88 Å². The highest BCUT2D eigenvalue weighted by atomic mass is 32.2. The SMILES string of the molecule is CN(C)c1cncc(O[C@@H]2CCN(S(=O)(=O)C3CC3)C2)n1. The molecule has 2 heterocycles. The van der Waals surface area contributed by atoms with Gasteiger partial charge < -0.3 is 9.64 Å². The summed E-state index contributed by atoms with van der Waals surface area (Å²) < 4.78 is 31.7. The van der Waals surface area contributed by atoms with E-state index in [9.17, 15) is 8.42 Å². The molecule has 1 saturated heterocycles. The Morgan fingerprint density at radius 1 is 1.29 bits per heavy atom. The number of hydrogen-bond acceptors (Lipinski definition) is 6. The summed E-state index contributed by atoms with van der Waals surface area (Å²) >= 11 is 0. The van der Waals surface area contributed by atoms with E-state index < -0.39 is 10.0 Å². The van der Waals surface area contributed by atoms with Crippen LogP contribution < -0.4 is 9.64 Å². The average Bonchev–Trinajstić information content (AvgIpc) is 3.20. The lowest BCUT2D eigenvalue weighted by Gasteiger charge is -2.17. The van der Waals surface area contributed by atoms with E-state index in [0.717, 1.165) is 12.8 Å². The number of aromatic nitrogens is 2. The van der Waals surface area contributed by atoms with E-state index >= 15 is 0 Å². The quantitative estimate of drug-likeness (QED) is 0.787. The number of ether oxygens (including phenoxy) is 1. The first-order chi connectivity index (χ1) is 9.96. The Morgan fingerprint density at radius 3 is 2.71 bits per heavy atom. The van der Waals surface area contributed by atoms with Gasteiger partial charge in [0.05, 0.1) is 24.2 Å². The van der Waals surface area contributed by atoms with Crippen LogP contribution in [0, 0.1) is 0 Å². The van der Waals surface area contributed by atoms with Crippen molar-refractivity contribution in [3.05, 3.63) is 12.4 Å². The Kier molecular flexibility index (Phi) is 3.75. The van der Waals surface area contributed by atoms with Crippen LogP contribution in [0.25, 0.3) is 0 Å². The Balaban J connectivity index is 1.63. The normalized spacial score (nSPS) is 23.2. The lowest BCUT2D eigenvalue weighted by atomic mass is 10.3. The highest BCUT2D eigenvalue weighted by molar-refractivity contribution is 7.90. The molecule has 1 aromatic heterocycles. The summed E-state index contributed by atoms with van der Waals surface area (Å²) in [6.45, 7) is 0.941. The first kappa shape index (κ1) is 14.5. The molecule has 1 atom stereocenters. The van der Waals surface area contributed by atoms with Crippen molar-refractivity contribution < 1.29 is 13.2 Å². The van der Waals surface area contributed by atoms with Crippen LogP contribution >= 0.6 is 0 Å². The molecule has 0 amide bonds. The van der Waals surface area contributed by atoms with Gasteiger partial charge in [-0.3, -0.25) is 4.98 Å². The summed E-state index contributed by atoms with van der Waals surface area (Å²) in [7, 11) is 0.661. The second kappa shape index (κ2) is 5.42. The van der Waals surface area contributed by atoms with E-state index in [2.05, 4.69) is 9.97 Å². The maximum atomic E-state index is 12.2. The van der Waals surface area contributed by atoms with Crippen LogP contribution in [-0.4, -0.2) is 61.2 Å². The smallest absolute Gasteiger partial charge is 0.234 e. The van der Waals surface area contributed by atoms with Gasteiger partial charge in [0, 0.05) is 20.6 Å². The summed E-state index contributed by atoms with van der Waals surface area (Å²) in [5.41, 5.74) is 0. The van der Waals surface area contributed by atoms with Gasteiger partial charge in [-0.1, -0.05) is 0 Å². The molecule has 1 saturated carbocycles.